The molecule has 2 N–H and O–H groups in total. The zero-order valence-electron chi connectivity index (χ0n) is 18.0. The Bertz CT molecular complexity index is 581. The monoisotopic (exact) mass is 405 g/mol. The third kappa shape index (κ3) is 6.40. The summed E-state index contributed by atoms with van der Waals surface area (Å²) in [4.78, 5) is 14.0. The van der Waals surface area contributed by atoms with E-state index >= 15 is 0 Å². The fraction of sp³-hybridized carbons (Fsp3) is 0.792. The Balaban J connectivity index is 1.38. The molecule has 2 fully saturated rings. The summed E-state index contributed by atoms with van der Waals surface area (Å²) in [6.07, 6.45) is 14.1. The number of aliphatic hydroxyl groups is 2. The van der Waals surface area contributed by atoms with E-state index in [2.05, 4.69) is 19.1 Å². The van der Waals surface area contributed by atoms with Gasteiger partial charge in [-0.1, -0.05) is 44.4 Å². The van der Waals surface area contributed by atoms with E-state index < -0.39 is 6.10 Å². The van der Waals surface area contributed by atoms with Crippen molar-refractivity contribution >= 4 is 5.91 Å². The van der Waals surface area contributed by atoms with Crippen molar-refractivity contribution in [3.63, 3.8) is 0 Å². The Kier molecular flexibility index (Phi) is 8.76. The summed E-state index contributed by atoms with van der Waals surface area (Å²) in [5, 5.41) is 20.6. The Morgan fingerprint density at radius 2 is 2.14 bits per heavy atom. The molecule has 0 bridgehead atoms. The van der Waals surface area contributed by atoms with Crippen molar-refractivity contribution in [3.8, 4) is 0 Å². The molecule has 2 aliphatic carbocycles. The zero-order chi connectivity index (χ0) is 20.6. The molecular weight excluding hydrogens is 366 g/mol. The van der Waals surface area contributed by atoms with Gasteiger partial charge in [-0.2, -0.15) is 0 Å². The van der Waals surface area contributed by atoms with Gasteiger partial charge in [0.2, 0.25) is 5.91 Å². The normalized spacial score (nSPS) is 30.2. The van der Waals surface area contributed by atoms with Gasteiger partial charge in [0.25, 0.3) is 0 Å². The van der Waals surface area contributed by atoms with Gasteiger partial charge in [-0.15, -0.1) is 0 Å². The Morgan fingerprint density at radius 3 is 2.90 bits per heavy atom. The first-order valence-electron chi connectivity index (χ1n) is 11.7. The molecule has 0 radical (unpaired) electrons. The third-order valence-corrected chi connectivity index (χ3v) is 6.82. The lowest BCUT2D eigenvalue weighted by Gasteiger charge is -2.19. The van der Waals surface area contributed by atoms with Crippen molar-refractivity contribution < 1.29 is 19.7 Å². The highest BCUT2D eigenvalue weighted by atomic mass is 16.5. The number of hydrogen-bond donors (Lipinski definition) is 2. The van der Waals surface area contributed by atoms with Crippen LogP contribution in [-0.4, -0.2) is 59.5 Å². The standard InChI is InChI=1S/C24H39NO4/c1-2-3-4-7-20(26)8-9-21-22-15-18(14-19(22)16-23(21)27)17-29-13-10-24(28)25-11-5-6-12-25/h8-9,14,19-23,26-27H,2-7,10-13,15-17H2,1H3/t19-,20-,21+,22-,23+/m0/s1. The number of carbonyl (C=O) groups is 1. The second kappa shape index (κ2) is 11.3. The lowest BCUT2D eigenvalue weighted by molar-refractivity contribution is -0.131. The molecule has 1 aliphatic heterocycles. The van der Waals surface area contributed by atoms with Gasteiger partial charge in [0.1, 0.15) is 0 Å². The quantitative estimate of drug-likeness (QED) is 0.408. The topological polar surface area (TPSA) is 70.0 Å². The molecule has 0 aromatic heterocycles. The van der Waals surface area contributed by atoms with E-state index in [9.17, 15) is 15.0 Å². The van der Waals surface area contributed by atoms with Crippen LogP contribution in [0.15, 0.2) is 23.8 Å². The highest BCUT2D eigenvalue weighted by Gasteiger charge is 2.43. The number of fused-ring (bicyclic) bond motifs is 1. The minimum absolute atomic E-state index is 0.117. The van der Waals surface area contributed by atoms with Gasteiger partial charge in [0, 0.05) is 19.0 Å². The summed E-state index contributed by atoms with van der Waals surface area (Å²) in [5.41, 5.74) is 1.29. The molecule has 5 nitrogen and oxygen atoms in total. The minimum atomic E-state index is -0.405. The molecule has 1 amide bonds. The van der Waals surface area contributed by atoms with Crippen molar-refractivity contribution in [2.45, 2.75) is 76.9 Å². The van der Waals surface area contributed by atoms with Crippen molar-refractivity contribution in [3.05, 3.63) is 23.8 Å². The smallest absolute Gasteiger partial charge is 0.224 e. The number of aliphatic hydroxyl groups excluding tert-OH is 2. The van der Waals surface area contributed by atoms with Gasteiger partial charge in [0.15, 0.2) is 0 Å². The van der Waals surface area contributed by atoms with Crippen molar-refractivity contribution in [1.29, 1.82) is 0 Å². The maximum Gasteiger partial charge on any atom is 0.224 e. The predicted molar refractivity (Wildman–Crippen MR) is 114 cm³/mol. The lowest BCUT2D eigenvalue weighted by Crippen LogP contribution is -2.28. The molecule has 164 valence electrons. The molecule has 3 aliphatic rings. The molecule has 0 aromatic rings. The van der Waals surface area contributed by atoms with Gasteiger partial charge < -0.3 is 19.8 Å². The first-order chi connectivity index (χ1) is 14.1. The average molecular weight is 406 g/mol. The van der Waals surface area contributed by atoms with Crippen LogP contribution in [0.25, 0.3) is 0 Å². The number of allylic oxidation sites excluding steroid dienone is 1. The number of rotatable bonds is 11. The number of ether oxygens (including phenoxy) is 1. The maximum atomic E-state index is 12.1. The number of likely N-dealkylation sites (tertiary alicyclic amines) is 1. The van der Waals surface area contributed by atoms with E-state index in [4.69, 9.17) is 4.74 Å². The van der Waals surface area contributed by atoms with Gasteiger partial charge in [-0.25, -0.2) is 0 Å². The zero-order valence-corrected chi connectivity index (χ0v) is 18.0. The van der Waals surface area contributed by atoms with E-state index in [1.54, 1.807) is 0 Å². The molecule has 3 rings (SSSR count). The SMILES string of the molecule is CCCCC[C@H](O)C=C[C@@H]1[C@H]2CC(COCCC(=O)N3CCCC3)=C[C@H]2C[C@H]1O. The summed E-state index contributed by atoms with van der Waals surface area (Å²) in [6.45, 7) is 5.04. The van der Waals surface area contributed by atoms with Crippen molar-refractivity contribution in [2.24, 2.45) is 17.8 Å². The third-order valence-electron chi connectivity index (χ3n) is 6.82. The van der Waals surface area contributed by atoms with E-state index in [-0.39, 0.29) is 17.9 Å². The van der Waals surface area contributed by atoms with Gasteiger partial charge in [0.05, 0.1) is 31.8 Å². The first kappa shape index (κ1) is 22.5. The van der Waals surface area contributed by atoms with E-state index in [1.165, 1.54) is 5.57 Å². The van der Waals surface area contributed by atoms with Crippen LogP contribution < -0.4 is 0 Å². The van der Waals surface area contributed by atoms with Crippen LogP contribution in [0.2, 0.25) is 0 Å². The van der Waals surface area contributed by atoms with E-state index in [0.717, 1.165) is 64.5 Å². The number of carbonyl (C=O) groups excluding carboxylic acids is 1. The van der Waals surface area contributed by atoms with Crippen LogP contribution in [0.1, 0.15) is 64.7 Å². The number of unbranched alkanes of at least 4 members (excludes halogenated alkanes) is 2. The number of nitrogens with zero attached hydrogens (tertiary/aromatic N) is 1. The Morgan fingerprint density at radius 1 is 1.34 bits per heavy atom. The number of hydrogen-bond acceptors (Lipinski definition) is 4. The van der Waals surface area contributed by atoms with Gasteiger partial charge >= 0.3 is 0 Å². The molecular formula is C24H39NO4. The molecule has 0 aromatic carbocycles. The summed E-state index contributed by atoms with van der Waals surface area (Å²) in [5.74, 6) is 1.15. The van der Waals surface area contributed by atoms with Crippen LogP contribution in [0.3, 0.4) is 0 Å². The van der Waals surface area contributed by atoms with E-state index in [1.807, 2.05) is 11.0 Å². The number of amides is 1. The minimum Gasteiger partial charge on any atom is -0.392 e. The molecule has 0 spiro atoms. The summed E-state index contributed by atoms with van der Waals surface area (Å²) < 4.78 is 5.79. The summed E-state index contributed by atoms with van der Waals surface area (Å²) in [6, 6.07) is 0. The second-order valence-electron chi connectivity index (χ2n) is 9.08. The largest absolute Gasteiger partial charge is 0.392 e. The fourth-order valence-corrected chi connectivity index (χ4v) is 5.16. The first-order valence-corrected chi connectivity index (χ1v) is 11.7. The molecule has 1 saturated heterocycles. The fourth-order valence-electron chi connectivity index (χ4n) is 5.16. The van der Waals surface area contributed by atoms with Crippen LogP contribution in [-0.2, 0) is 9.53 Å². The highest BCUT2D eigenvalue weighted by Crippen LogP contribution is 2.47. The van der Waals surface area contributed by atoms with Crippen LogP contribution >= 0.6 is 0 Å². The van der Waals surface area contributed by atoms with Crippen molar-refractivity contribution in [2.75, 3.05) is 26.3 Å². The van der Waals surface area contributed by atoms with E-state index in [0.29, 0.717) is 31.5 Å². The molecule has 1 heterocycles. The van der Waals surface area contributed by atoms with Gasteiger partial charge in [-0.3, -0.25) is 4.79 Å². The lowest BCUT2D eigenvalue weighted by atomic mass is 9.89. The van der Waals surface area contributed by atoms with Gasteiger partial charge in [-0.05, 0) is 49.5 Å². The maximum absolute atomic E-state index is 12.1. The van der Waals surface area contributed by atoms with Crippen LogP contribution in [0, 0.1) is 17.8 Å². The average Bonchev–Trinajstić information content (AvgIpc) is 3.41. The molecule has 1 saturated carbocycles. The Hall–Kier alpha value is -1.17. The Labute approximate surface area is 175 Å². The second-order valence-corrected chi connectivity index (χ2v) is 9.08. The van der Waals surface area contributed by atoms with Crippen LogP contribution in [0.4, 0.5) is 0 Å². The predicted octanol–water partition coefficient (Wildman–Crippen LogP) is 3.46. The summed E-state index contributed by atoms with van der Waals surface area (Å²) >= 11 is 0. The van der Waals surface area contributed by atoms with Crippen LogP contribution in [0.5, 0.6) is 0 Å². The van der Waals surface area contributed by atoms with Crippen molar-refractivity contribution in [1.82, 2.24) is 4.90 Å². The molecule has 5 heteroatoms. The summed E-state index contributed by atoms with van der Waals surface area (Å²) in [7, 11) is 0. The molecule has 0 unspecified atom stereocenters. The molecule has 29 heavy (non-hydrogen) atoms. The molecule has 5 atom stereocenters. The highest BCUT2D eigenvalue weighted by molar-refractivity contribution is 5.76.